The second-order valence-electron chi connectivity index (χ2n) is 3.89. The van der Waals surface area contributed by atoms with Gasteiger partial charge in [-0.05, 0) is 31.2 Å². The van der Waals surface area contributed by atoms with Gasteiger partial charge in [-0.1, -0.05) is 17.7 Å². The Kier molecular flexibility index (Phi) is 3.57. The SMILES string of the molecule is Cc1nc(Cl)ccc1NC(=O)c1c(O)cccc1O. The van der Waals surface area contributed by atoms with Crippen LogP contribution >= 0.6 is 11.6 Å². The van der Waals surface area contributed by atoms with Crippen molar-refractivity contribution < 1.29 is 15.0 Å². The molecular weight excluding hydrogens is 268 g/mol. The van der Waals surface area contributed by atoms with Gasteiger partial charge in [0.25, 0.3) is 5.91 Å². The zero-order chi connectivity index (χ0) is 14.0. The van der Waals surface area contributed by atoms with Crippen molar-refractivity contribution in [3.8, 4) is 11.5 Å². The van der Waals surface area contributed by atoms with Crippen molar-refractivity contribution >= 4 is 23.2 Å². The largest absolute Gasteiger partial charge is 0.507 e. The van der Waals surface area contributed by atoms with Crippen LogP contribution in [0.4, 0.5) is 5.69 Å². The van der Waals surface area contributed by atoms with Crippen molar-refractivity contribution in [1.82, 2.24) is 4.98 Å². The smallest absolute Gasteiger partial charge is 0.263 e. The number of aromatic nitrogens is 1. The third-order valence-electron chi connectivity index (χ3n) is 2.55. The average Bonchev–Trinajstić information content (AvgIpc) is 2.32. The molecule has 0 saturated carbocycles. The van der Waals surface area contributed by atoms with Gasteiger partial charge < -0.3 is 15.5 Å². The predicted molar refractivity (Wildman–Crippen MR) is 71.7 cm³/mol. The van der Waals surface area contributed by atoms with Crippen LogP contribution in [-0.4, -0.2) is 21.1 Å². The monoisotopic (exact) mass is 278 g/mol. The summed E-state index contributed by atoms with van der Waals surface area (Å²) in [7, 11) is 0. The van der Waals surface area contributed by atoms with E-state index in [0.717, 1.165) is 0 Å². The quantitative estimate of drug-likeness (QED) is 0.738. The van der Waals surface area contributed by atoms with E-state index in [1.54, 1.807) is 13.0 Å². The Labute approximate surface area is 114 Å². The van der Waals surface area contributed by atoms with E-state index < -0.39 is 5.91 Å². The molecule has 0 saturated heterocycles. The fourth-order valence-corrected chi connectivity index (χ4v) is 1.80. The van der Waals surface area contributed by atoms with Gasteiger partial charge in [0.05, 0.1) is 11.4 Å². The lowest BCUT2D eigenvalue weighted by Crippen LogP contribution is -2.13. The molecule has 1 aromatic heterocycles. The molecular formula is C13H11ClN2O3. The number of rotatable bonds is 2. The van der Waals surface area contributed by atoms with Crippen LogP contribution in [0.25, 0.3) is 0 Å². The second-order valence-corrected chi connectivity index (χ2v) is 4.28. The molecule has 0 bridgehead atoms. The number of nitrogens with one attached hydrogen (secondary N) is 1. The molecule has 0 spiro atoms. The number of carbonyl (C=O) groups is 1. The number of phenols is 2. The number of benzene rings is 1. The maximum Gasteiger partial charge on any atom is 0.263 e. The summed E-state index contributed by atoms with van der Waals surface area (Å²) in [5.74, 6) is -1.21. The standard InChI is InChI=1S/C13H11ClN2O3/c1-7-8(5-6-11(14)15-7)16-13(19)12-9(17)3-2-4-10(12)18/h2-6,17-18H,1H3,(H,16,19). The molecule has 0 radical (unpaired) electrons. The van der Waals surface area contributed by atoms with Gasteiger partial charge in [-0.2, -0.15) is 0 Å². The average molecular weight is 279 g/mol. The number of anilines is 1. The summed E-state index contributed by atoms with van der Waals surface area (Å²) in [5, 5.41) is 22.1. The summed E-state index contributed by atoms with van der Waals surface area (Å²) in [6, 6.07) is 7.22. The van der Waals surface area contributed by atoms with E-state index in [1.165, 1.54) is 24.3 Å². The van der Waals surface area contributed by atoms with Crippen molar-refractivity contribution in [3.63, 3.8) is 0 Å². The maximum absolute atomic E-state index is 12.0. The van der Waals surface area contributed by atoms with E-state index in [4.69, 9.17) is 11.6 Å². The predicted octanol–water partition coefficient (Wildman–Crippen LogP) is 2.71. The van der Waals surface area contributed by atoms with Crippen LogP contribution in [0.2, 0.25) is 5.15 Å². The minimum absolute atomic E-state index is 0.183. The van der Waals surface area contributed by atoms with Crippen LogP contribution in [0, 0.1) is 6.92 Å². The minimum Gasteiger partial charge on any atom is -0.507 e. The Morgan fingerprint density at radius 3 is 2.42 bits per heavy atom. The van der Waals surface area contributed by atoms with E-state index in [1.807, 2.05) is 0 Å². The van der Waals surface area contributed by atoms with Gasteiger partial charge in [0, 0.05) is 0 Å². The van der Waals surface area contributed by atoms with Crippen LogP contribution < -0.4 is 5.32 Å². The summed E-state index contributed by atoms with van der Waals surface area (Å²) in [5.41, 5.74) is 0.810. The van der Waals surface area contributed by atoms with E-state index >= 15 is 0 Å². The molecule has 0 atom stereocenters. The lowest BCUT2D eigenvalue weighted by molar-refractivity contribution is 0.102. The van der Waals surface area contributed by atoms with E-state index in [2.05, 4.69) is 10.3 Å². The van der Waals surface area contributed by atoms with Crippen LogP contribution in [0.5, 0.6) is 11.5 Å². The third kappa shape index (κ3) is 2.77. The highest BCUT2D eigenvalue weighted by Crippen LogP contribution is 2.27. The summed E-state index contributed by atoms with van der Waals surface area (Å²) < 4.78 is 0. The molecule has 6 heteroatoms. The van der Waals surface area contributed by atoms with E-state index in [-0.39, 0.29) is 17.1 Å². The number of carbonyl (C=O) groups excluding carboxylic acids is 1. The Morgan fingerprint density at radius 1 is 1.21 bits per heavy atom. The Balaban J connectivity index is 2.31. The molecule has 98 valence electrons. The number of amides is 1. The molecule has 1 amide bonds. The highest BCUT2D eigenvalue weighted by molar-refractivity contribution is 6.29. The lowest BCUT2D eigenvalue weighted by atomic mass is 10.1. The maximum atomic E-state index is 12.0. The van der Waals surface area contributed by atoms with Crippen molar-refractivity contribution in [1.29, 1.82) is 0 Å². The van der Waals surface area contributed by atoms with Gasteiger partial charge in [-0.3, -0.25) is 4.79 Å². The fraction of sp³-hybridized carbons (Fsp3) is 0.0769. The van der Waals surface area contributed by atoms with Crippen molar-refractivity contribution in [3.05, 3.63) is 46.7 Å². The number of aromatic hydroxyl groups is 2. The molecule has 0 fully saturated rings. The van der Waals surface area contributed by atoms with Crippen molar-refractivity contribution in [2.45, 2.75) is 6.92 Å². The summed E-state index contributed by atoms with van der Waals surface area (Å²) in [4.78, 5) is 16.0. The summed E-state index contributed by atoms with van der Waals surface area (Å²) >= 11 is 5.72. The Morgan fingerprint density at radius 2 is 1.84 bits per heavy atom. The normalized spacial score (nSPS) is 10.2. The zero-order valence-electron chi connectivity index (χ0n) is 10.0. The van der Waals surface area contributed by atoms with E-state index in [0.29, 0.717) is 16.5 Å². The Bertz CT molecular complexity index is 624. The highest BCUT2D eigenvalue weighted by Gasteiger charge is 2.17. The molecule has 5 nitrogen and oxygen atoms in total. The zero-order valence-corrected chi connectivity index (χ0v) is 10.8. The molecule has 3 N–H and O–H groups in total. The second kappa shape index (κ2) is 5.16. The molecule has 0 unspecified atom stereocenters. The lowest BCUT2D eigenvalue weighted by Gasteiger charge is -2.10. The number of phenolic OH excluding ortho intramolecular Hbond substituents is 2. The summed E-state index contributed by atoms with van der Waals surface area (Å²) in [6.07, 6.45) is 0. The molecule has 2 aromatic rings. The van der Waals surface area contributed by atoms with Gasteiger partial charge in [0.2, 0.25) is 0 Å². The topological polar surface area (TPSA) is 82.5 Å². The van der Waals surface area contributed by atoms with Gasteiger partial charge >= 0.3 is 0 Å². The minimum atomic E-state index is -0.622. The molecule has 1 aromatic carbocycles. The number of aryl methyl sites for hydroxylation is 1. The highest BCUT2D eigenvalue weighted by atomic mass is 35.5. The molecule has 0 aliphatic heterocycles. The van der Waals surface area contributed by atoms with E-state index in [9.17, 15) is 15.0 Å². The molecule has 0 aliphatic carbocycles. The number of pyridine rings is 1. The summed E-state index contributed by atoms with van der Waals surface area (Å²) in [6.45, 7) is 1.69. The molecule has 0 aliphatic rings. The first-order valence-electron chi connectivity index (χ1n) is 5.44. The number of nitrogens with zero attached hydrogens (tertiary/aromatic N) is 1. The Hall–Kier alpha value is -2.27. The first-order chi connectivity index (χ1) is 8.99. The van der Waals surface area contributed by atoms with Crippen LogP contribution in [-0.2, 0) is 0 Å². The number of hydrogen-bond donors (Lipinski definition) is 3. The molecule has 2 rings (SSSR count). The third-order valence-corrected chi connectivity index (χ3v) is 2.76. The van der Waals surface area contributed by atoms with Crippen molar-refractivity contribution in [2.24, 2.45) is 0 Å². The van der Waals surface area contributed by atoms with Gasteiger partial charge in [0.1, 0.15) is 22.2 Å². The van der Waals surface area contributed by atoms with Gasteiger partial charge in [-0.25, -0.2) is 4.98 Å². The van der Waals surface area contributed by atoms with Gasteiger partial charge in [-0.15, -0.1) is 0 Å². The van der Waals surface area contributed by atoms with Crippen molar-refractivity contribution in [2.75, 3.05) is 5.32 Å². The van der Waals surface area contributed by atoms with Crippen LogP contribution in [0.15, 0.2) is 30.3 Å². The number of halogens is 1. The fourth-order valence-electron chi connectivity index (χ4n) is 1.61. The van der Waals surface area contributed by atoms with Gasteiger partial charge in [0.15, 0.2) is 0 Å². The first-order valence-corrected chi connectivity index (χ1v) is 5.82. The first kappa shape index (κ1) is 13.2. The molecule has 19 heavy (non-hydrogen) atoms. The number of hydrogen-bond acceptors (Lipinski definition) is 4. The van der Waals surface area contributed by atoms with Crippen LogP contribution in [0.1, 0.15) is 16.1 Å². The molecule has 1 heterocycles. The van der Waals surface area contributed by atoms with Crippen LogP contribution in [0.3, 0.4) is 0 Å².